The number of hydrogen-bond donors (Lipinski definition) is 2. The molecule has 6 fully saturated rings. The second-order valence-corrected chi connectivity index (χ2v) is 16.8. The van der Waals surface area contributed by atoms with E-state index in [9.17, 15) is 10.2 Å². The number of rotatable bonds is 4. The molecule has 6 unspecified atom stereocenters. The van der Waals surface area contributed by atoms with Crippen molar-refractivity contribution < 1.29 is 19.7 Å². The lowest BCUT2D eigenvalue weighted by Gasteiger charge is -2.63. The summed E-state index contributed by atoms with van der Waals surface area (Å²) < 4.78 is 13.3. The molecule has 6 nitrogen and oxygen atoms in total. The van der Waals surface area contributed by atoms with Gasteiger partial charge in [-0.3, -0.25) is 0 Å². The van der Waals surface area contributed by atoms with Crippen molar-refractivity contribution in [3.63, 3.8) is 0 Å². The molecule has 5 saturated carbocycles. The van der Waals surface area contributed by atoms with E-state index in [1.165, 1.54) is 38.5 Å². The van der Waals surface area contributed by atoms with Crippen LogP contribution in [0.2, 0.25) is 0 Å². The summed E-state index contributed by atoms with van der Waals surface area (Å²) in [5.74, 6) is 2.41. The van der Waals surface area contributed by atoms with E-state index in [-0.39, 0.29) is 34.6 Å². The molecule has 2 heterocycles. The van der Waals surface area contributed by atoms with Gasteiger partial charge < -0.3 is 19.7 Å². The van der Waals surface area contributed by atoms with E-state index in [4.69, 9.17) is 9.47 Å². The van der Waals surface area contributed by atoms with Crippen LogP contribution in [0.15, 0.2) is 18.5 Å². The Morgan fingerprint density at radius 2 is 1.65 bits per heavy atom. The third-order valence-corrected chi connectivity index (χ3v) is 14.5. The highest BCUT2D eigenvalue weighted by molar-refractivity contribution is 5.31. The van der Waals surface area contributed by atoms with Crippen LogP contribution < -0.4 is 4.74 Å². The highest BCUT2D eigenvalue weighted by atomic mass is 16.6. The Bertz CT molecular complexity index is 1150. The van der Waals surface area contributed by atoms with Crippen molar-refractivity contribution >= 4 is 0 Å². The van der Waals surface area contributed by atoms with Crippen molar-refractivity contribution in [1.29, 1.82) is 0 Å². The van der Waals surface area contributed by atoms with Crippen molar-refractivity contribution in [2.75, 3.05) is 0 Å². The average Bonchev–Trinajstić information content (AvgIpc) is 3.48. The summed E-state index contributed by atoms with van der Waals surface area (Å²) in [6.07, 6.45) is 13.4. The Morgan fingerprint density at radius 3 is 2.35 bits per heavy atom. The maximum Gasteiger partial charge on any atom is 0.316 e. The van der Waals surface area contributed by atoms with E-state index in [1.807, 2.05) is 13.8 Å². The Morgan fingerprint density at radius 1 is 0.975 bits per heavy atom. The summed E-state index contributed by atoms with van der Waals surface area (Å²) in [7, 11) is 0. The largest absolute Gasteiger partial charge is 0.454 e. The molecule has 1 aliphatic heterocycles. The molecule has 12 atom stereocenters. The first-order valence-electron chi connectivity index (χ1n) is 16.2. The molecule has 0 radical (unpaired) electrons. The van der Waals surface area contributed by atoms with Crippen molar-refractivity contribution in [3.8, 4) is 6.01 Å². The molecule has 7 rings (SSSR count). The first-order valence-corrected chi connectivity index (χ1v) is 16.2. The summed E-state index contributed by atoms with van der Waals surface area (Å²) in [4.78, 5) is 8.56. The van der Waals surface area contributed by atoms with Crippen LogP contribution in [0.3, 0.4) is 0 Å². The van der Waals surface area contributed by atoms with Crippen molar-refractivity contribution in [2.24, 2.45) is 50.7 Å². The summed E-state index contributed by atoms with van der Waals surface area (Å²) in [6.45, 7) is 16.0. The van der Waals surface area contributed by atoms with Gasteiger partial charge in [0.1, 0.15) is 0 Å². The SMILES string of the molecule is C[C@@H]1CC([C@H](Oc2ncccn2)C(C)(C)O)OC2C[C@@]3(C)C4CCC5C(C)(C)[C@@H](O)CC[C@@]56CC46CC[C@]3(C)C21. The molecule has 1 saturated heterocycles. The molecule has 2 N–H and O–H groups in total. The van der Waals surface area contributed by atoms with Crippen LogP contribution in [0, 0.1) is 50.7 Å². The van der Waals surface area contributed by atoms with Gasteiger partial charge in [0, 0.05) is 12.4 Å². The number of nitrogens with zero attached hydrogens (tertiary/aromatic N) is 2. The van der Waals surface area contributed by atoms with Crippen molar-refractivity contribution in [1.82, 2.24) is 9.97 Å². The molecular formula is C34H52N2O4. The van der Waals surface area contributed by atoms with Crippen LogP contribution in [0.4, 0.5) is 0 Å². The Hall–Kier alpha value is -1.24. The lowest BCUT2D eigenvalue weighted by molar-refractivity contribution is -0.188. The second-order valence-electron chi connectivity index (χ2n) is 16.8. The molecule has 0 amide bonds. The Kier molecular flexibility index (Phi) is 5.82. The number of aromatic nitrogens is 2. The Labute approximate surface area is 241 Å². The first kappa shape index (κ1) is 27.6. The number of hydrogen-bond acceptors (Lipinski definition) is 6. The van der Waals surface area contributed by atoms with Crippen LogP contribution in [0.25, 0.3) is 0 Å². The third-order valence-electron chi connectivity index (χ3n) is 14.5. The second kappa shape index (κ2) is 8.44. The highest BCUT2D eigenvalue weighted by Gasteiger charge is 2.83. The molecule has 6 aliphatic rings. The number of aliphatic hydroxyl groups is 2. The molecule has 2 spiro atoms. The van der Waals surface area contributed by atoms with Gasteiger partial charge in [-0.15, -0.1) is 0 Å². The standard InChI is InChI=1S/C34H52N2O4/c1-20-17-21(27(30(4,5)38)40-28-35-15-8-16-36-28)39-22-18-32(7)24-10-9-23-29(2,3)25(37)11-12-33(23)19-34(24,33)14-13-31(32,6)26(20)22/h8,15-16,20-27,37-38H,9-14,17-19H2,1-7H3/t20-,21?,22?,23?,24?,25+,26?,27+,31-,32+,33-,34?/m1/s1. The van der Waals surface area contributed by atoms with E-state index < -0.39 is 11.7 Å². The molecule has 0 aromatic carbocycles. The zero-order chi connectivity index (χ0) is 28.5. The van der Waals surface area contributed by atoms with Crippen molar-refractivity contribution in [2.45, 2.75) is 136 Å². The van der Waals surface area contributed by atoms with Gasteiger partial charge in [-0.05, 0) is 128 Å². The third kappa shape index (κ3) is 3.39. The summed E-state index contributed by atoms with van der Waals surface area (Å²) in [5.41, 5.74) is 0.342. The van der Waals surface area contributed by atoms with Gasteiger partial charge in [-0.1, -0.05) is 34.6 Å². The molecule has 222 valence electrons. The fourth-order valence-electron chi connectivity index (χ4n) is 12.7. The molecule has 5 aliphatic carbocycles. The molecular weight excluding hydrogens is 500 g/mol. The van der Waals surface area contributed by atoms with E-state index in [0.29, 0.717) is 34.6 Å². The lowest BCUT2D eigenvalue weighted by atomic mass is 9.41. The Balaban J connectivity index is 1.18. The quantitative estimate of drug-likeness (QED) is 0.463. The number of ether oxygens (including phenoxy) is 2. The maximum atomic E-state index is 11.2. The fraction of sp³-hybridized carbons (Fsp3) is 0.882. The summed E-state index contributed by atoms with van der Waals surface area (Å²) in [5, 5.41) is 22.2. The van der Waals surface area contributed by atoms with Gasteiger partial charge in [0.05, 0.1) is 23.9 Å². The van der Waals surface area contributed by atoms with Gasteiger partial charge >= 0.3 is 6.01 Å². The van der Waals surface area contributed by atoms with E-state index in [0.717, 1.165) is 25.2 Å². The van der Waals surface area contributed by atoms with Gasteiger partial charge in [-0.2, -0.15) is 0 Å². The molecule has 1 aromatic rings. The van der Waals surface area contributed by atoms with Gasteiger partial charge in [0.25, 0.3) is 0 Å². The molecule has 1 aromatic heterocycles. The first-order chi connectivity index (χ1) is 18.7. The smallest absolute Gasteiger partial charge is 0.316 e. The van der Waals surface area contributed by atoms with Gasteiger partial charge in [0.2, 0.25) is 0 Å². The van der Waals surface area contributed by atoms with Crippen molar-refractivity contribution in [3.05, 3.63) is 18.5 Å². The molecule has 6 heteroatoms. The van der Waals surface area contributed by atoms with Crippen LogP contribution in [0.1, 0.15) is 106 Å². The van der Waals surface area contributed by atoms with Crippen LogP contribution in [-0.2, 0) is 4.74 Å². The summed E-state index contributed by atoms with van der Waals surface area (Å²) in [6, 6.07) is 2.07. The average molecular weight is 553 g/mol. The molecule has 0 bridgehead atoms. The normalized spacial score (nSPS) is 51.4. The predicted octanol–water partition coefficient (Wildman–Crippen LogP) is 6.20. The number of aliphatic hydroxyl groups excluding tert-OH is 1. The highest BCUT2D eigenvalue weighted by Crippen LogP contribution is 2.89. The van der Waals surface area contributed by atoms with Crippen LogP contribution in [-0.4, -0.2) is 50.2 Å². The maximum absolute atomic E-state index is 11.2. The van der Waals surface area contributed by atoms with E-state index >= 15 is 0 Å². The topological polar surface area (TPSA) is 84.7 Å². The number of fused-ring (bicyclic) bond motifs is 4. The minimum atomic E-state index is -1.09. The predicted molar refractivity (Wildman–Crippen MR) is 153 cm³/mol. The van der Waals surface area contributed by atoms with Gasteiger partial charge in [0.15, 0.2) is 6.10 Å². The van der Waals surface area contributed by atoms with Crippen LogP contribution in [0.5, 0.6) is 6.01 Å². The minimum absolute atomic E-state index is 0.0253. The molecule has 40 heavy (non-hydrogen) atoms. The van der Waals surface area contributed by atoms with Crippen LogP contribution >= 0.6 is 0 Å². The fourth-order valence-corrected chi connectivity index (χ4v) is 12.7. The summed E-state index contributed by atoms with van der Waals surface area (Å²) >= 11 is 0. The zero-order valence-corrected chi connectivity index (χ0v) is 25.8. The lowest BCUT2D eigenvalue weighted by Crippen LogP contribution is -2.58. The minimum Gasteiger partial charge on any atom is -0.454 e. The zero-order valence-electron chi connectivity index (χ0n) is 25.8. The monoisotopic (exact) mass is 552 g/mol. The van der Waals surface area contributed by atoms with Gasteiger partial charge in [-0.25, -0.2) is 9.97 Å². The van der Waals surface area contributed by atoms with E-state index in [1.54, 1.807) is 18.5 Å². The van der Waals surface area contributed by atoms with E-state index in [2.05, 4.69) is 44.6 Å².